The molecule has 0 bridgehead atoms. The number of aromatic nitrogens is 5. The maximum atomic E-state index is 12.3. The first-order valence-corrected chi connectivity index (χ1v) is 11.2. The molecule has 0 aliphatic carbocycles. The Kier molecular flexibility index (Phi) is 5.76. The molecule has 1 aliphatic rings. The van der Waals surface area contributed by atoms with Gasteiger partial charge in [-0.1, -0.05) is 17.7 Å². The van der Waals surface area contributed by atoms with Crippen molar-refractivity contribution in [2.24, 2.45) is 5.73 Å². The van der Waals surface area contributed by atoms with Crippen molar-refractivity contribution in [3.05, 3.63) is 47.0 Å². The fourth-order valence-corrected chi connectivity index (χ4v) is 4.36. The lowest BCUT2D eigenvalue weighted by Gasteiger charge is -2.25. The van der Waals surface area contributed by atoms with Gasteiger partial charge < -0.3 is 21.5 Å². The standard InChI is InChI=1S/C23H23ClN8O2/c1-11-2-3-15-14(9-28-32-15)18(11)20-19(25)21(22(26)33)31-23(30-20)13-8-17(24)27-10-16(13)29-12-4-6-34-7-5-12/h2-3,8-10,12,29H,4-7,25H2,1H3,(H2,26,33)(H,28,32). The van der Waals surface area contributed by atoms with E-state index in [0.29, 0.717) is 30.2 Å². The molecule has 1 amide bonds. The fraction of sp³-hybridized carbons (Fsp3) is 0.261. The number of pyridine rings is 1. The Labute approximate surface area is 200 Å². The number of nitrogens with two attached hydrogens (primary N) is 2. The molecule has 0 atom stereocenters. The van der Waals surface area contributed by atoms with Gasteiger partial charge in [-0.05, 0) is 37.5 Å². The number of nitrogens with zero attached hydrogens (tertiary/aromatic N) is 4. The van der Waals surface area contributed by atoms with Crippen LogP contribution >= 0.6 is 11.6 Å². The summed E-state index contributed by atoms with van der Waals surface area (Å²) >= 11 is 6.25. The minimum absolute atomic E-state index is 0.0650. The summed E-state index contributed by atoms with van der Waals surface area (Å²) in [4.78, 5) is 25.8. The number of carbonyl (C=O) groups is 1. The molecule has 10 nitrogen and oxygen atoms in total. The molecule has 0 spiro atoms. The van der Waals surface area contributed by atoms with Gasteiger partial charge in [0, 0.05) is 35.8 Å². The maximum absolute atomic E-state index is 12.3. The first kappa shape index (κ1) is 22.1. The maximum Gasteiger partial charge on any atom is 0.269 e. The second-order valence-electron chi connectivity index (χ2n) is 8.19. The minimum Gasteiger partial charge on any atom is -0.395 e. The van der Waals surface area contributed by atoms with Crippen LogP contribution in [0.5, 0.6) is 0 Å². The van der Waals surface area contributed by atoms with E-state index in [1.54, 1.807) is 18.5 Å². The van der Waals surface area contributed by atoms with E-state index in [0.717, 1.165) is 34.9 Å². The van der Waals surface area contributed by atoms with E-state index >= 15 is 0 Å². The van der Waals surface area contributed by atoms with Gasteiger partial charge in [-0.15, -0.1) is 0 Å². The van der Waals surface area contributed by atoms with Gasteiger partial charge in [-0.25, -0.2) is 15.0 Å². The van der Waals surface area contributed by atoms with Crippen LogP contribution in [0.15, 0.2) is 30.6 Å². The molecule has 0 unspecified atom stereocenters. The lowest BCUT2D eigenvalue weighted by Crippen LogP contribution is -2.28. The van der Waals surface area contributed by atoms with Crippen molar-refractivity contribution in [1.82, 2.24) is 25.1 Å². The monoisotopic (exact) mass is 478 g/mol. The number of fused-ring (bicyclic) bond motifs is 1. The van der Waals surface area contributed by atoms with Gasteiger partial charge in [0.1, 0.15) is 5.15 Å². The third-order valence-electron chi connectivity index (χ3n) is 5.94. The van der Waals surface area contributed by atoms with E-state index < -0.39 is 5.91 Å². The molecule has 1 fully saturated rings. The van der Waals surface area contributed by atoms with Crippen molar-refractivity contribution >= 4 is 39.8 Å². The number of ether oxygens (including phenoxy) is 1. The molecule has 0 saturated carbocycles. The van der Waals surface area contributed by atoms with E-state index in [1.165, 1.54) is 0 Å². The van der Waals surface area contributed by atoms with Crippen LogP contribution in [-0.2, 0) is 4.74 Å². The predicted molar refractivity (Wildman–Crippen MR) is 130 cm³/mol. The second-order valence-corrected chi connectivity index (χ2v) is 8.58. The number of aromatic amines is 1. The van der Waals surface area contributed by atoms with E-state index in [-0.39, 0.29) is 28.4 Å². The van der Waals surface area contributed by atoms with Gasteiger partial charge in [0.15, 0.2) is 11.5 Å². The number of amides is 1. The summed E-state index contributed by atoms with van der Waals surface area (Å²) < 4.78 is 5.46. The lowest BCUT2D eigenvalue weighted by atomic mass is 9.99. The van der Waals surface area contributed by atoms with Crippen LogP contribution in [0.25, 0.3) is 33.5 Å². The van der Waals surface area contributed by atoms with Gasteiger partial charge in [0.05, 0.1) is 35.0 Å². The number of H-pyrrole nitrogens is 1. The molecule has 4 aromatic rings. The van der Waals surface area contributed by atoms with Gasteiger partial charge in [-0.3, -0.25) is 9.89 Å². The molecular formula is C23H23ClN8O2. The van der Waals surface area contributed by atoms with Crippen molar-refractivity contribution in [2.45, 2.75) is 25.8 Å². The summed E-state index contributed by atoms with van der Waals surface area (Å²) in [7, 11) is 0. The topological polar surface area (TPSA) is 158 Å². The molecule has 174 valence electrons. The number of primary amides is 1. The first-order chi connectivity index (χ1) is 16.4. The van der Waals surface area contributed by atoms with Gasteiger partial charge in [0.25, 0.3) is 5.91 Å². The number of halogens is 1. The van der Waals surface area contributed by atoms with Crippen LogP contribution in [-0.4, -0.2) is 50.3 Å². The van der Waals surface area contributed by atoms with Crippen LogP contribution in [0.4, 0.5) is 11.4 Å². The Morgan fingerprint density at radius 2 is 2.03 bits per heavy atom. The molecule has 4 heterocycles. The van der Waals surface area contributed by atoms with E-state index in [1.807, 2.05) is 19.1 Å². The highest BCUT2D eigenvalue weighted by Gasteiger charge is 2.23. The summed E-state index contributed by atoms with van der Waals surface area (Å²) in [5.41, 5.74) is 16.2. The van der Waals surface area contributed by atoms with Crippen LogP contribution in [0, 0.1) is 6.92 Å². The summed E-state index contributed by atoms with van der Waals surface area (Å²) in [5, 5.41) is 11.7. The molecule has 1 aromatic carbocycles. The fourth-order valence-electron chi connectivity index (χ4n) is 4.20. The normalized spacial score (nSPS) is 14.4. The molecule has 5 rings (SSSR count). The zero-order valence-corrected chi connectivity index (χ0v) is 19.2. The summed E-state index contributed by atoms with van der Waals surface area (Å²) in [6, 6.07) is 5.71. The molecule has 1 saturated heterocycles. The van der Waals surface area contributed by atoms with Gasteiger partial charge >= 0.3 is 0 Å². The Balaban J connectivity index is 1.72. The van der Waals surface area contributed by atoms with Crippen LogP contribution in [0.3, 0.4) is 0 Å². The number of rotatable bonds is 5. The molecule has 3 aromatic heterocycles. The number of hydrogen-bond acceptors (Lipinski definition) is 8. The molecule has 34 heavy (non-hydrogen) atoms. The number of hydrogen-bond donors (Lipinski definition) is 4. The van der Waals surface area contributed by atoms with Crippen molar-refractivity contribution in [3.63, 3.8) is 0 Å². The number of nitrogens with one attached hydrogen (secondary N) is 2. The Morgan fingerprint density at radius 3 is 2.79 bits per heavy atom. The molecule has 1 aliphatic heterocycles. The largest absolute Gasteiger partial charge is 0.395 e. The minimum atomic E-state index is -0.751. The van der Waals surface area contributed by atoms with E-state index in [9.17, 15) is 4.79 Å². The zero-order valence-electron chi connectivity index (χ0n) is 18.4. The van der Waals surface area contributed by atoms with Crippen molar-refractivity contribution < 1.29 is 9.53 Å². The average Bonchev–Trinajstić information content (AvgIpc) is 3.30. The van der Waals surface area contributed by atoms with Crippen LogP contribution < -0.4 is 16.8 Å². The highest BCUT2D eigenvalue weighted by atomic mass is 35.5. The van der Waals surface area contributed by atoms with E-state index in [4.69, 9.17) is 32.8 Å². The number of nitrogen functional groups attached to an aromatic ring is 1. The first-order valence-electron chi connectivity index (χ1n) is 10.8. The molecule has 6 N–H and O–H groups in total. The van der Waals surface area contributed by atoms with Crippen molar-refractivity contribution in [2.75, 3.05) is 24.3 Å². The Morgan fingerprint density at radius 1 is 1.24 bits per heavy atom. The Bertz CT molecular complexity index is 1400. The summed E-state index contributed by atoms with van der Waals surface area (Å²) in [6.07, 6.45) is 5.04. The summed E-state index contributed by atoms with van der Waals surface area (Å²) in [5.74, 6) is -0.490. The predicted octanol–water partition coefficient (Wildman–Crippen LogP) is 3.32. The lowest BCUT2D eigenvalue weighted by molar-refractivity contribution is 0.0904. The Hall–Kier alpha value is -3.76. The highest BCUT2D eigenvalue weighted by molar-refractivity contribution is 6.29. The third kappa shape index (κ3) is 4.02. The molecular weight excluding hydrogens is 456 g/mol. The number of anilines is 2. The van der Waals surface area contributed by atoms with Crippen molar-refractivity contribution in [3.8, 4) is 22.6 Å². The van der Waals surface area contributed by atoms with Crippen LogP contribution in [0.2, 0.25) is 5.15 Å². The number of aryl methyl sites for hydroxylation is 1. The average molecular weight is 479 g/mol. The third-order valence-corrected chi connectivity index (χ3v) is 6.15. The number of benzene rings is 1. The highest BCUT2D eigenvalue weighted by Crippen LogP contribution is 2.37. The smallest absolute Gasteiger partial charge is 0.269 e. The van der Waals surface area contributed by atoms with Gasteiger partial charge in [-0.2, -0.15) is 5.10 Å². The summed E-state index contributed by atoms with van der Waals surface area (Å²) in [6.45, 7) is 3.29. The van der Waals surface area contributed by atoms with Gasteiger partial charge in [0.2, 0.25) is 0 Å². The second kappa shape index (κ2) is 8.88. The molecule has 0 radical (unpaired) electrons. The SMILES string of the molecule is Cc1ccc2[nH]ncc2c1-c1nc(-c2cc(Cl)ncc2NC2CCOCC2)nc(C(N)=O)c1N. The quantitative estimate of drug-likeness (QED) is 0.318. The van der Waals surface area contributed by atoms with Crippen molar-refractivity contribution in [1.29, 1.82) is 0 Å². The van der Waals surface area contributed by atoms with Crippen LogP contribution in [0.1, 0.15) is 28.9 Å². The molecule has 11 heteroatoms. The zero-order chi connectivity index (χ0) is 23.8. The number of carbonyl (C=O) groups excluding carboxylic acids is 1. The van der Waals surface area contributed by atoms with E-state index in [2.05, 4.69) is 25.5 Å².